The number of aromatic nitrogens is 1. The van der Waals surface area contributed by atoms with Gasteiger partial charge in [-0.2, -0.15) is 0 Å². The number of thiazole rings is 1. The zero-order valence-corrected chi connectivity index (χ0v) is 39.8. The maximum Gasteiger partial charge on any atom is 0.298 e. The van der Waals surface area contributed by atoms with Gasteiger partial charge in [-0.1, -0.05) is 111 Å². The van der Waals surface area contributed by atoms with Gasteiger partial charge in [0, 0.05) is 16.7 Å². The Labute approximate surface area is 375 Å². The molecule has 0 saturated carbocycles. The SMILES string of the molecule is C[Si](C)/N=C1/C=CC=C(N(C2=CC=C(c3ccc4cc5ccccc5cc4c3)C(=N)/C2=N\[Si](C)C)c2ccc(-c3ccc(-c4nc5ccccc5s4)cc3)c3c2=N[Si](C)(C)N=3)C1=N. The molecule has 0 unspecified atom stereocenters. The first-order valence-corrected chi connectivity index (χ1v) is 29.6. The Morgan fingerprint density at radius 2 is 1.29 bits per heavy atom. The van der Waals surface area contributed by atoms with Gasteiger partial charge >= 0.3 is 0 Å². The molecule has 2 heterocycles. The van der Waals surface area contributed by atoms with Gasteiger partial charge in [-0.15, -0.1) is 11.3 Å². The minimum Gasteiger partial charge on any atom is -0.321 e. The number of hydrogen-bond donors (Lipinski definition) is 2. The van der Waals surface area contributed by atoms with Crippen molar-refractivity contribution in [2.24, 2.45) is 18.6 Å². The summed E-state index contributed by atoms with van der Waals surface area (Å²) in [5.74, 6) is 0. The normalized spacial score (nSPS) is 17.1. The van der Waals surface area contributed by atoms with E-state index in [0.717, 1.165) is 71.2 Å². The number of nitrogens with zero attached hydrogens (tertiary/aromatic N) is 6. The maximum absolute atomic E-state index is 9.93. The molecule has 10 rings (SSSR count). The van der Waals surface area contributed by atoms with Crippen LogP contribution in [0.2, 0.25) is 39.3 Å². The van der Waals surface area contributed by atoms with E-state index in [9.17, 15) is 10.8 Å². The number of allylic oxidation sites excluding steroid dienone is 8. The summed E-state index contributed by atoms with van der Waals surface area (Å²) in [6, 6.07) is 40.4. The zero-order chi connectivity index (χ0) is 43.6. The summed E-state index contributed by atoms with van der Waals surface area (Å²) in [4.78, 5) is 7.00. The molecule has 0 saturated heterocycles. The van der Waals surface area contributed by atoms with E-state index in [-0.39, 0.29) is 0 Å². The average molecular weight is 885 g/mol. The van der Waals surface area contributed by atoms with E-state index in [0.29, 0.717) is 28.5 Å². The van der Waals surface area contributed by atoms with Gasteiger partial charge in [-0.05, 0) is 106 Å². The number of para-hydroxylation sites is 1. The van der Waals surface area contributed by atoms with Gasteiger partial charge in [0.05, 0.1) is 55.1 Å². The second kappa shape index (κ2) is 16.0. The number of anilines is 1. The lowest BCUT2D eigenvalue weighted by molar-refractivity contribution is 1.14. The Hall–Kier alpha value is -6.58. The van der Waals surface area contributed by atoms with Gasteiger partial charge in [0.2, 0.25) is 0 Å². The molecule has 12 heteroatoms. The van der Waals surface area contributed by atoms with Crippen LogP contribution in [0, 0.1) is 10.8 Å². The third-order valence-corrected chi connectivity index (χ3v) is 15.2. The van der Waals surface area contributed by atoms with Crippen LogP contribution in [0.3, 0.4) is 0 Å². The quantitative estimate of drug-likeness (QED) is 0.0899. The van der Waals surface area contributed by atoms with Crippen LogP contribution in [-0.2, 0) is 0 Å². The van der Waals surface area contributed by atoms with E-state index in [1.165, 1.54) is 15.5 Å². The van der Waals surface area contributed by atoms with E-state index in [4.69, 9.17) is 23.6 Å². The van der Waals surface area contributed by atoms with Gasteiger partial charge in [0.1, 0.15) is 10.7 Å². The molecule has 3 aliphatic rings. The second-order valence-electron chi connectivity index (χ2n) is 16.9. The zero-order valence-electron chi connectivity index (χ0n) is 35.9. The molecule has 8 nitrogen and oxygen atoms in total. The van der Waals surface area contributed by atoms with Crippen LogP contribution in [0.25, 0.3) is 59.0 Å². The highest BCUT2D eigenvalue weighted by atomic mass is 32.1. The maximum atomic E-state index is 9.93. The fourth-order valence-electron chi connectivity index (χ4n) is 8.45. The van der Waals surface area contributed by atoms with Gasteiger partial charge in [0.15, 0.2) is 17.9 Å². The number of fused-ring (bicyclic) bond motifs is 4. The van der Waals surface area contributed by atoms with E-state index in [1.807, 2.05) is 30.4 Å². The fourth-order valence-corrected chi connectivity index (χ4v) is 12.4. The van der Waals surface area contributed by atoms with Crippen LogP contribution in [0.15, 0.2) is 176 Å². The smallest absolute Gasteiger partial charge is 0.298 e. The Kier molecular flexibility index (Phi) is 10.3. The van der Waals surface area contributed by atoms with Gasteiger partial charge in [0.25, 0.3) is 8.40 Å². The van der Waals surface area contributed by atoms with Crippen molar-refractivity contribution in [2.75, 3.05) is 4.90 Å². The monoisotopic (exact) mass is 884 g/mol. The lowest BCUT2D eigenvalue weighted by Crippen LogP contribution is -2.42. The molecule has 2 N–H and O–H groups in total. The largest absolute Gasteiger partial charge is 0.321 e. The molecule has 6 aromatic carbocycles. The van der Waals surface area contributed by atoms with Crippen molar-refractivity contribution in [2.45, 2.75) is 39.3 Å². The van der Waals surface area contributed by atoms with E-state index < -0.39 is 26.3 Å². The summed E-state index contributed by atoms with van der Waals surface area (Å²) in [6.07, 6.45) is 10.0. The summed E-state index contributed by atoms with van der Waals surface area (Å²) in [6.45, 7) is 12.9. The first-order chi connectivity index (χ1) is 30.4. The number of benzene rings is 6. The van der Waals surface area contributed by atoms with Crippen LogP contribution in [-0.4, -0.2) is 54.1 Å². The summed E-state index contributed by atoms with van der Waals surface area (Å²) in [5, 5.41) is 26.9. The first-order valence-electron chi connectivity index (χ1n) is 21.0. The van der Waals surface area contributed by atoms with Crippen molar-refractivity contribution in [3.8, 4) is 21.7 Å². The molecule has 0 atom stereocenters. The molecule has 1 aliphatic heterocycles. The van der Waals surface area contributed by atoms with Gasteiger partial charge < -0.3 is 14.2 Å². The second-order valence-corrected chi connectivity index (χ2v) is 25.6. The van der Waals surface area contributed by atoms with E-state index in [1.54, 1.807) is 11.3 Å². The summed E-state index contributed by atoms with van der Waals surface area (Å²) in [5.41, 5.74) is 9.98. The Balaban J connectivity index is 1.14. The average Bonchev–Trinajstić information content (AvgIpc) is 3.85. The molecule has 2 radical (unpaired) electrons. The van der Waals surface area contributed by atoms with Crippen molar-refractivity contribution >= 4 is 104 Å². The molecule has 0 fully saturated rings. The minimum absolute atomic E-state index is 0.320. The van der Waals surface area contributed by atoms with Gasteiger partial charge in [-0.3, -0.25) is 20.1 Å². The molecule has 2 aliphatic carbocycles. The van der Waals surface area contributed by atoms with Crippen LogP contribution in [0.5, 0.6) is 0 Å². The van der Waals surface area contributed by atoms with Crippen LogP contribution < -0.4 is 15.6 Å². The van der Waals surface area contributed by atoms with Crippen molar-refractivity contribution < 1.29 is 0 Å². The Morgan fingerprint density at radius 1 is 0.619 bits per heavy atom. The first kappa shape index (κ1) is 40.5. The lowest BCUT2D eigenvalue weighted by atomic mass is 9.89. The number of nitrogens with one attached hydrogen (secondary N) is 2. The highest BCUT2D eigenvalue weighted by Crippen LogP contribution is 2.35. The number of hydrogen-bond acceptors (Lipinski definition) is 9. The third kappa shape index (κ3) is 7.58. The van der Waals surface area contributed by atoms with Gasteiger partial charge in [-0.25, -0.2) is 4.98 Å². The fraction of sp³-hybridized carbons (Fsp3) is 0.118. The molecular formula is C51H44N8SSi3. The summed E-state index contributed by atoms with van der Waals surface area (Å²) < 4.78 is 22.2. The highest BCUT2D eigenvalue weighted by Gasteiger charge is 2.34. The number of rotatable bonds is 8. The van der Waals surface area contributed by atoms with Crippen molar-refractivity contribution in [3.05, 3.63) is 173 Å². The van der Waals surface area contributed by atoms with Crippen LogP contribution in [0.4, 0.5) is 5.69 Å². The molecule has 7 aromatic rings. The molecule has 306 valence electrons. The van der Waals surface area contributed by atoms with Crippen molar-refractivity contribution in [1.29, 1.82) is 10.8 Å². The van der Waals surface area contributed by atoms with Crippen molar-refractivity contribution in [3.63, 3.8) is 0 Å². The molecular weight excluding hydrogens is 841 g/mol. The van der Waals surface area contributed by atoms with Crippen LogP contribution in [0.1, 0.15) is 5.56 Å². The van der Waals surface area contributed by atoms with Crippen molar-refractivity contribution in [1.82, 2.24) is 4.98 Å². The topological polar surface area (TPSA) is 113 Å². The summed E-state index contributed by atoms with van der Waals surface area (Å²) >= 11 is 1.70. The molecule has 0 bridgehead atoms. The molecule has 1 aromatic heterocycles. The predicted molar refractivity (Wildman–Crippen MR) is 273 cm³/mol. The lowest BCUT2D eigenvalue weighted by Gasteiger charge is -2.34. The van der Waals surface area contributed by atoms with Crippen LogP contribution >= 0.6 is 11.3 Å². The standard InChI is InChI=1S/C51H44N8SSi3/c1-61(2)55-41-15-11-16-42(47(41)53)59(43-26-24-38(46(52)49(43)56-62(3)4)36-23-22-35-28-33-12-7-8-13-34(33)29-37(35)30-36)44-27-25-39(48-50(44)58-63(5,6)57-48)31-18-20-32(21-19-31)51-54-40-14-9-10-17-45(40)60-51/h7-30,52-53H,1-6H3/b52-46?,53-47?,55-41-,56-49-. The Morgan fingerprint density at radius 3 is 2.03 bits per heavy atom. The van der Waals surface area contributed by atoms with E-state index >= 15 is 0 Å². The Bertz CT molecular complexity index is 3390. The molecule has 63 heavy (non-hydrogen) atoms. The summed E-state index contributed by atoms with van der Waals surface area (Å²) in [7, 11) is -4.75. The molecule has 0 amide bonds. The van der Waals surface area contributed by atoms with E-state index in [2.05, 4.69) is 159 Å². The minimum atomic E-state index is -2.46. The third-order valence-electron chi connectivity index (χ3n) is 11.2. The molecule has 0 spiro atoms. The predicted octanol–water partition coefficient (Wildman–Crippen LogP) is 11.6. The highest BCUT2D eigenvalue weighted by molar-refractivity contribution is 7.21.